The molecule has 1 heterocycles. The third-order valence-electron chi connectivity index (χ3n) is 1.96. The van der Waals surface area contributed by atoms with Crippen LogP contribution in [0.2, 0.25) is 0 Å². The third-order valence-corrected chi connectivity index (χ3v) is 1.96. The molecule has 0 radical (unpaired) electrons. The van der Waals surface area contributed by atoms with Crippen molar-refractivity contribution in [3.8, 4) is 23.3 Å². The van der Waals surface area contributed by atoms with Crippen molar-refractivity contribution >= 4 is 0 Å². The minimum atomic E-state index is 0.505. The van der Waals surface area contributed by atoms with Gasteiger partial charge >= 0.3 is 0 Å². The van der Waals surface area contributed by atoms with Gasteiger partial charge in [-0.3, -0.25) is 0 Å². The standard InChI is InChI=1S/C10H9NO3/c1-12-8-4-7(6-11)5-9-10(8)14-3-2-13-9/h4-5H,2-3H2,1H3. The highest BCUT2D eigenvalue weighted by atomic mass is 16.6. The fraction of sp³-hybridized carbons (Fsp3) is 0.300. The van der Waals surface area contributed by atoms with Crippen molar-refractivity contribution in [3.63, 3.8) is 0 Å². The van der Waals surface area contributed by atoms with E-state index in [0.29, 0.717) is 36.0 Å². The van der Waals surface area contributed by atoms with Gasteiger partial charge in [-0.15, -0.1) is 0 Å². The molecular weight excluding hydrogens is 182 g/mol. The zero-order valence-corrected chi connectivity index (χ0v) is 7.74. The van der Waals surface area contributed by atoms with Crippen molar-refractivity contribution < 1.29 is 14.2 Å². The van der Waals surface area contributed by atoms with Gasteiger partial charge in [0.05, 0.1) is 18.7 Å². The highest BCUT2D eigenvalue weighted by Gasteiger charge is 2.18. The normalized spacial score (nSPS) is 13.1. The zero-order valence-electron chi connectivity index (χ0n) is 7.74. The van der Waals surface area contributed by atoms with E-state index in [4.69, 9.17) is 19.5 Å². The Balaban J connectivity index is 2.54. The maximum absolute atomic E-state index is 8.76. The lowest BCUT2D eigenvalue weighted by molar-refractivity contribution is 0.165. The molecule has 0 unspecified atom stereocenters. The summed E-state index contributed by atoms with van der Waals surface area (Å²) >= 11 is 0. The number of ether oxygens (including phenoxy) is 3. The summed E-state index contributed by atoms with van der Waals surface area (Å²) in [5.41, 5.74) is 0.506. The molecule has 0 atom stereocenters. The number of fused-ring (bicyclic) bond motifs is 1. The Labute approximate surface area is 81.6 Å². The molecule has 0 amide bonds. The average Bonchev–Trinajstić information content (AvgIpc) is 2.27. The maximum atomic E-state index is 8.76. The van der Waals surface area contributed by atoms with Crippen LogP contribution < -0.4 is 14.2 Å². The summed E-state index contributed by atoms with van der Waals surface area (Å²) in [7, 11) is 1.54. The van der Waals surface area contributed by atoms with Crippen LogP contribution >= 0.6 is 0 Å². The number of hydrogen-bond acceptors (Lipinski definition) is 4. The summed E-state index contributed by atoms with van der Waals surface area (Å²) in [6.07, 6.45) is 0. The van der Waals surface area contributed by atoms with E-state index in [1.54, 1.807) is 12.1 Å². The van der Waals surface area contributed by atoms with Gasteiger partial charge in [-0.2, -0.15) is 5.26 Å². The molecule has 0 bridgehead atoms. The molecule has 0 spiro atoms. The van der Waals surface area contributed by atoms with Crippen molar-refractivity contribution in [2.45, 2.75) is 0 Å². The number of nitriles is 1. The van der Waals surface area contributed by atoms with E-state index in [-0.39, 0.29) is 0 Å². The van der Waals surface area contributed by atoms with Gasteiger partial charge in [-0.1, -0.05) is 0 Å². The molecule has 0 saturated carbocycles. The van der Waals surface area contributed by atoms with Crippen LogP contribution in [0.3, 0.4) is 0 Å². The molecule has 1 aromatic rings. The van der Waals surface area contributed by atoms with Crippen LogP contribution in [0, 0.1) is 11.3 Å². The molecule has 0 fully saturated rings. The van der Waals surface area contributed by atoms with Crippen LogP contribution in [0.4, 0.5) is 0 Å². The van der Waals surface area contributed by atoms with E-state index < -0.39 is 0 Å². The molecule has 1 aliphatic rings. The first-order valence-corrected chi connectivity index (χ1v) is 4.23. The van der Waals surface area contributed by atoms with Gasteiger partial charge in [0.2, 0.25) is 5.75 Å². The first-order chi connectivity index (χ1) is 6.85. The van der Waals surface area contributed by atoms with Crippen LogP contribution in [0.25, 0.3) is 0 Å². The molecule has 0 N–H and O–H groups in total. The molecule has 4 nitrogen and oxygen atoms in total. The summed E-state index contributed by atoms with van der Waals surface area (Å²) in [6.45, 7) is 1.01. The molecule has 0 saturated heterocycles. The van der Waals surface area contributed by atoms with Crippen LogP contribution in [0.15, 0.2) is 12.1 Å². The second-order valence-corrected chi connectivity index (χ2v) is 2.81. The minimum Gasteiger partial charge on any atom is -0.493 e. The largest absolute Gasteiger partial charge is 0.493 e. The van der Waals surface area contributed by atoms with Crippen molar-refractivity contribution in [2.75, 3.05) is 20.3 Å². The summed E-state index contributed by atoms with van der Waals surface area (Å²) in [6, 6.07) is 5.32. The first-order valence-electron chi connectivity index (χ1n) is 4.23. The summed E-state index contributed by atoms with van der Waals surface area (Å²) in [5.74, 6) is 1.70. The van der Waals surface area contributed by atoms with Gasteiger partial charge in [-0.05, 0) is 0 Å². The van der Waals surface area contributed by atoms with Gasteiger partial charge in [0.25, 0.3) is 0 Å². The number of nitrogens with zero attached hydrogens (tertiary/aromatic N) is 1. The SMILES string of the molecule is COc1cc(C#N)cc2c1OCCO2. The molecule has 4 heteroatoms. The Hall–Kier alpha value is -1.89. The smallest absolute Gasteiger partial charge is 0.203 e. The molecule has 72 valence electrons. The molecule has 14 heavy (non-hydrogen) atoms. The third kappa shape index (κ3) is 1.33. The van der Waals surface area contributed by atoms with Crippen molar-refractivity contribution in [2.24, 2.45) is 0 Å². The molecular formula is C10H9NO3. The Morgan fingerprint density at radius 3 is 2.86 bits per heavy atom. The van der Waals surface area contributed by atoms with Crippen molar-refractivity contribution in [3.05, 3.63) is 17.7 Å². The average molecular weight is 191 g/mol. The fourth-order valence-electron chi connectivity index (χ4n) is 1.34. The van der Waals surface area contributed by atoms with Crippen LogP contribution in [0.1, 0.15) is 5.56 Å². The number of hydrogen-bond donors (Lipinski definition) is 0. The predicted molar refractivity (Wildman–Crippen MR) is 48.7 cm³/mol. The molecule has 1 aromatic carbocycles. The Kier molecular flexibility index (Phi) is 2.15. The van der Waals surface area contributed by atoms with Gasteiger partial charge in [0.15, 0.2) is 11.5 Å². The summed E-state index contributed by atoms with van der Waals surface area (Å²) in [5, 5.41) is 8.76. The number of methoxy groups -OCH3 is 1. The lowest BCUT2D eigenvalue weighted by Crippen LogP contribution is -2.16. The quantitative estimate of drug-likeness (QED) is 0.672. The number of benzene rings is 1. The highest BCUT2D eigenvalue weighted by molar-refractivity contribution is 5.56. The van der Waals surface area contributed by atoms with Gasteiger partial charge in [-0.25, -0.2) is 0 Å². The zero-order chi connectivity index (χ0) is 9.97. The second-order valence-electron chi connectivity index (χ2n) is 2.81. The molecule has 0 aliphatic carbocycles. The van der Waals surface area contributed by atoms with E-state index in [1.165, 1.54) is 7.11 Å². The monoisotopic (exact) mass is 191 g/mol. The lowest BCUT2D eigenvalue weighted by atomic mass is 10.2. The Bertz CT molecular complexity index is 378. The molecule has 1 aliphatic heterocycles. The van der Waals surface area contributed by atoms with Crippen molar-refractivity contribution in [1.82, 2.24) is 0 Å². The Morgan fingerprint density at radius 1 is 1.36 bits per heavy atom. The van der Waals surface area contributed by atoms with Crippen molar-refractivity contribution in [1.29, 1.82) is 5.26 Å². The number of rotatable bonds is 1. The highest BCUT2D eigenvalue weighted by Crippen LogP contribution is 2.40. The summed E-state index contributed by atoms with van der Waals surface area (Å²) in [4.78, 5) is 0. The second kappa shape index (κ2) is 3.46. The fourth-order valence-corrected chi connectivity index (χ4v) is 1.34. The van der Waals surface area contributed by atoms with E-state index in [2.05, 4.69) is 0 Å². The van der Waals surface area contributed by atoms with Crippen LogP contribution in [-0.2, 0) is 0 Å². The lowest BCUT2D eigenvalue weighted by Gasteiger charge is -2.20. The van der Waals surface area contributed by atoms with E-state index in [0.717, 1.165) is 0 Å². The summed E-state index contributed by atoms with van der Waals surface area (Å²) < 4.78 is 15.8. The maximum Gasteiger partial charge on any atom is 0.203 e. The van der Waals surface area contributed by atoms with Gasteiger partial charge in [0, 0.05) is 12.1 Å². The van der Waals surface area contributed by atoms with E-state index in [1.807, 2.05) is 6.07 Å². The Morgan fingerprint density at radius 2 is 2.14 bits per heavy atom. The van der Waals surface area contributed by atoms with Gasteiger partial charge in [0.1, 0.15) is 13.2 Å². The predicted octanol–water partition coefficient (Wildman–Crippen LogP) is 1.34. The molecule has 0 aromatic heterocycles. The molecule has 2 rings (SSSR count). The van der Waals surface area contributed by atoms with E-state index >= 15 is 0 Å². The van der Waals surface area contributed by atoms with E-state index in [9.17, 15) is 0 Å². The van der Waals surface area contributed by atoms with Crippen LogP contribution in [-0.4, -0.2) is 20.3 Å². The van der Waals surface area contributed by atoms with Gasteiger partial charge < -0.3 is 14.2 Å². The van der Waals surface area contributed by atoms with Crippen LogP contribution in [0.5, 0.6) is 17.2 Å². The minimum absolute atomic E-state index is 0.505. The first kappa shape index (κ1) is 8.70. The topological polar surface area (TPSA) is 51.5 Å².